The summed E-state index contributed by atoms with van der Waals surface area (Å²) < 4.78 is 0. The first kappa shape index (κ1) is 10.8. The second kappa shape index (κ2) is 5.47. The van der Waals surface area contributed by atoms with E-state index in [2.05, 4.69) is 36.8 Å². The molecule has 1 nitrogen and oxygen atoms in total. The number of hydrogen-bond donors (Lipinski definition) is 0. The van der Waals surface area contributed by atoms with Crippen molar-refractivity contribution in [3.63, 3.8) is 0 Å². The van der Waals surface area contributed by atoms with Gasteiger partial charge in [-0.25, -0.2) is 0 Å². The Morgan fingerprint density at radius 3 is 2.21 bits per heavy atom. The van der Waals surface area contributed by atoms with Crippen LogP contribution in [0.2, 0.25) is 0 Å². The van der Waals surface area contributed by atoms with Crippen molar-refractivity contribution in [1.82, 2.24) is 4.90 Å². The van der Waals surface area contributed by atoms with Crippen LogP contribution in [0.3, 0.4) is 0 Å². The minimum atomic E-state index is 0.117. The van der Waals surface area contributed by atoms with Crippen LogP contribution in [0.25, 0.3) is 0 Å². The summed E-state index contributed by atoms with van der Waals surface area (Å²) in [5.74, 6) is 2.85. The molecule has 0 aromatic heterocycles. The molecule has 14 heavy (non-hydrogen) atoms. The van der Waals surface area contributed by atoms with E-state index < -0.39 is 0 Å². The monoisotopic (exact) mass is 187 g/mol. The van der Waals surface area contributed by atoms with Crippen molar-refractivity contribution in [2.24, 2.45) is 0 Å². The van der Waals surface area contributed by atoms with Crippen LogP contribution < -0.4 is 0 Å². The summed E-state index contributed by atoms with van der Waals surface area (Å²) in [6.07, 6.45) is 5.57. The maximum Gasteiger partial charge on any atom is 0.0967 e. The highest BCUT2D eigenvalue weighted by atomic mass is 15.1. The fraction of sp³-hybridized carbons (Fsp3) is 0.385. The Morgan fingerprint density at radius 1 is 1.21 bits per heavy atom. The van der Waals surface area contributed by atoms with Gasteiger partial charge in [-0.3, -0.25) is 4.90 Å². The van der Waals surface area contributed by atoms with Crippen molar-refractivity contribution < 1.29 is 0 Å². The zero-order valence-electron chi connectivity index (χ0n) is 8.90. The van der Waals surface area contributed by atoms with E-state index in [1.54, 1.807) is 0 Å². The van der Waals surface area contributed by atoms with Crippen LogP contribution >= 0.6 is 0 Å². The van der Waals surface area contributed by atoms with E-state index >= 15 is 0 Å². The first-order chi connectivity index (χ1) is 6.83. The molecule has 0 radical (unpaired) electrons. The number of nitrogens with zero attached hydrogens (tertiary/aromatic N) is 1. The predicted octanol–water partition coefficient (Wildman–Crippen LogP) is 2.70. The molecule has 0 saturated heterocycles. The second-order valence-corrected chi connectivity index (χ2v) is 3.20. The molecule has 0 fully saturated rings. The topological polar surface area (TPSA) is 3.24 Å². The Labute approximate surface area is 86.7 Å². The third-order valence-electron chi connectivity index (χ3n) is 2.45. The molecule has 0 bridgehead atoms. The van der Waals surface area contributed by atoms with Gasteiger partial charge < -0.3 is 0 Å². The zero-order chi connectivity index (χ0) is 10.4. The average Bonchev–Trinajstić information content (AvgIpc) is 2.27. The quantitative estimate of drug-likeness (QED) is 0.655. The van der Waals surface area contributed by atoms with Gasteiger partial charge in [-0.05, 0) is 18.7 Å². The Bertz CT molecular complexity index is 293. The van der Waals surface area contributed by atoms with Gasteiger partial charge in [0.1, 0.15) is 0 Å². The van der Waals surface area contributed by atoms with Crippen molar-refractivity contribution in [2.45, 2.75) is 19.9 Å². The van der Waals surface area contributed by atoms with Crippen molar-refractivity contribution in [1.29, 1.82) is 0 Å². The van der Waals surface area contributed by atoms with Crippen LogP contribution in [0.5, 0.6) is 0 Å². The van der Waals surface area contributed by atoms with Gasteiger partial charge in [-0.15, -0.1) is 6.42 Å². The van der Waals surface area contributed by atoms with Crippen molar-refractivity contribution in [2.75, 3.05) is 13.1 Å². The van der Waals surface area contributed by atoms with Gasteiger partial charge in [0.05, 0.1) is 6.04 Å². The van der Waals surface area contributed by atoms with Gasteiger partial charge in [0.25, 0.3) is 0 Å². The normalized spacial score (nSPS) is 12.4. The standard InChI is InChI=1S/C13H17N/c1-4-13(14(5-2)6-3)12-10-8-7-9-11-12/h1,7-11,13H,5-6H2,2-3H3. The first-order valence-electron chi connectivity index (χ1n) is 5.08. The summed E-state index contributed by atoms with van der Waals surface area (Å²) in [6.45, 7) is 6.24. The summed E-state index contributed by atoms with van der Waals surface area (Å²) in [5, 5.41) is 0. The molecule has 0 spiro atoms. The summed E-state index contributed by atoms with van der Waals surface area (Å²) in [6, 6.07) is 10.4. The van der Waals surface area contributed by atoms with E-state index in [-0.39, 0.29) is 6.04 Å². The second-order valence-electron chi connectivity index (χ2n) is 3.20. The van der Waals surface area contributed by atoms with Gasteiger partial charge in [0.15, 0.2) is 0 Å². The molecule has 74 valence electrons. The smallest absolute Gasteiger partial charge is 0.0967 e. The van der Waals surface area contributed by atoms with E-state index in [4.69, 9.17) is 6.42 Å². The summed E-state index contributed by atoms with van der Waals surface area (Å²) in [5.41, 5.74) is 1.21. The van der Waals surface area contributed by atoms with Gasteiger partial charge in [-0.1, -0.05) is 50.1 Å². The van der Waals surface area contributed by atoms with E-state index in [0.29, 0.717) is 0 Å². The third-order valence-corrected chi connectivity index (χ3v) is 2.45. The lowest BCUT2D eigenvalue weighted by Crippen LogP contribution is -2.27. The Kier molecular flexibility index (Phi) is 4.22. The molecule has 0 aliphatic heterocycles. The molecule has 0 heterocycles. The maximum absolute atomic E-state index is 5.57. The van der Waals surface area contributed by atoms with Gasteiger partial charge in [-0.2, -0.15) is 0 Å². The Morgan fingerprint density at radius 2 is 1.79 bits per heavy atom. The van der Waals surface area contributed by atoms with Crippen LogP contribution in [-0.2, 0) is 0 Å². The van der Waals surface area contributed by atoms with Crippen molar-refractivity contribution >= 4 is 0 Å². The molecular formula is C13H17N. The molecule has 1 aromatic rings. The van der Waals surface area contributed by atoms with Crippen LogP contribution in [0.4, 0.5) is 0 Å². The molecule has 1 atom stereocenters. The molecule has 1 heteroatoms. The molecule has 0 saturated carbocycles. The highest BCUT2D eigenvalue weighted by Gasteiger charge is 2.13. The third kappa shape index (κ3) is 2.37. The number of terminal acetylenes is 1. The van der Waals surface area contributed by atoms with E-state index in [9.17, 15) is 0 Å². The number of rotatable bonds is 4. The molecule has 0 aliphatic rings. The predicted molar refractivity (Wildman–Crippen MR) is 60.9 cm³/mol. The maximum atomic E-state index is 5.57. The lowest BCUT2D eigenvalue weighted by Gasteiger charge is -2.25. The molecule has 0 N–H and O–H groups in total. The minimum absolute atomic E-state index is 0.117. The number of benzene rings is 1. The first-order valence-corrected chi connectivity index (χ1v) is 5.08. The Hall–Kier alpha value is -1.26. The highest BCUT2D eigenvalue weighted by molar-refractivity contribution is 5.25. The highest BCUT2D eigenvalue weighted by Crippen LogP contribution is 2.18. The van der Waals surface area contributed by atoms with Gasteiger partial charge >= 0.3 is 0 Å². The van der Waals surface area contributed by atoms with Crippen LogP contribution in [0.1, 0.15) is 25.5 Å². The molecule has 1 unspecified atom stereocenters. The van der Waals surface area contributed by atoms with Crippen LogP contribution in [-0.4, -0.2) is 18.0 Å². The lowest BCUT2D eigenvalue weighted by molar-refractivity contribution is 0.264. The van der Waals surface area contributed by atoms with E-state index in [1.807, 2.05) is 18.2 Å². The molecule has 0 aliphatic carbocycles. The summed E-state index contributed by atoms with van der Waals surface area (Å²) in [7, 11) is 0. The van der Waals surface area contributed by atoms with Gasteiger partial charge in [0.2, 0.25) is 0 Å². The Balaban J connectivity index is 2.88. The van der Waals surface area contributed by atoms with Crippen molar-refractivity contribution in [3.05, 3.63) is 35.9 Å². The van der Waals surface area contributed by atoms with Gasteiger partial charge in [0, 0.05) is 0 Å². The fourth-order valence-corrected chi connectivity index (χ4v) is 1.64. The molecule has 1 rings (SSSR count). The molecule has 0 amide bonds. The van der Waals surface area contributed by atoms with Crippen LogP contribution in [0, 0.1) is 12.3 Å². The largest absolute Gasteiger partial charge is 0.287 e. The molecular weight excluding hydrogens is 170 g/mol. The fourth-order valence-electron chi connectivity index (χ4n) is 1.64. The van der Waals surface area contributed by atoms with E-state index in [1.165, 1.54) is 5.56 Å². The van der Waals surface area contributed by atoms with Crippen molar-refractivity contribution in [3.8, 4) is 12.3 Å². The SMILES string of the molecule is C#CC(c1ccccc1)N(CC)CC. The van der Waals surface area contributed by atoms with E-state index in [0.717, 1.165) is 13.1 Å². The lowest BCUT2D eigenvalue weighted by atomic mass is 10.1. The number of hydrogen-bond acceptors (Lipinski definition) is 1. The minimum Gasteiger partial charge on any atom is -0.287 e. The average molecular weight is 187 g/mol. The zero-order valence-corrected chi connectivity index (χ0v) is 8.90. The van der Waals surface area contributed by atoms with Crippen LogP contribution in [0.15, 0.2) is 30.3 Å². The summed E-state index contributed by atoms with van der Waals surface area (Å²) in [4.78, 5) is 2.27. The summed E-state index contributed by atoms with van der Waals surface area (Å²) >= 11 is 0. The molecule has 1 aromatic carbocycles.